The molecule has 2 heteroatoms. The molecule has 1 nitrogen and oxygen atoms in total. The number of nitrogens with one attached hydrogen (secondary N) is 1. The van der Waals surface area contributed by atoms with Gasteiger partial charge in [-0.25, -0.2) is 0 Å². The summed E-state index contributed by atoms with van der Waals surface area (Å²) >= 11 is 3.56. The fraction of sp³-hybridized carbons (Fsp3) is 0.385. The zero-order valence-electron chi connectivity index (χ0n) is 9.55. The Morgan fingerprint density at radius 1 is 1.47 bits per heavy atom. The fourth-order valence-corrected chi connectivity index (χ4v) is 2.03. The van der Waals surface area contributed by atoms with Gasteiger partial charge in [-0.3, -0.25) is 0 Å². The molecule has 1 N–H and O–H groups in total. The average molecular weight is 268 g/mol. The highest BCUT2D eigenvalue weighted by atomic mass is 79.9. The van der Waals surface area contributed by atoms with Crippen molar-refractivity contribution in [3.63, 3.8) is 0 Å². The van der Waals surface area contributed by atoms with E-state index < -0.39 is 0 Å². The summed E-state index contributed by atoms with van der Waals surface area (Å²) in [5.74, 6) is 0. The summed E-state index contributed by atoms with van der Waals surface area (Å²) in [6.07, 6.45) is 4.33. The highest BCUT2D eigenvalue weighted by Crippen LogP contribution is 2.19. The summed E-state index contributed by atoms with van der Waals surface area (Å²) in [5.41, 5.74) is 2.50. The zero-order chi connectivity index (χ0) is 11.3. The maximum Gasteiger partial charge on any atom is 0.0250 e. The number of hydrogen-bond donors (Lipinski definition) is 1. The van der Waals surface area contributed by atoms with Crippen LogP contribution in [0.1, 0.15) is 25.0 Å². The lowest BCUT2D eigenvalue weighted by Crippen LogP contribution is -2.22. The van der Waals surface area contributed by atoms with Crippen LogP contribution in [-0.4, -0.2) is 12.6 Å². The van der Waals surface area contributed by atoms with Crippen molar-refractivity contribution >= 4 is 22.0 Å². The van der Waals surface area contributed by atoms with Crippen LogP contribution in [0.5, 0.6) is 0 Å². The molecule has 0 saturated heterocycles. The van der Waals surface area contributed by atoms with Crippen LogP contribution in [0.15, 0.2) is 28.7 Å². The lowest BCUT2D eigenvalue weighted by atomic mass is 10.1. The molecule has 0 aliphatic rings. The van der Waals surface area contributed by atoms with E-state index in [1.165, 1.54) is 11.1 Å². The molecular weight excluding hydrogens is 250 g/mol. The number of benzene rings is 1. The molecule has 1 aromatic carbocycles. The third kappa shape index (κ3) is 4.18. The Balaban J connectivity index is 2.72. The van der Waals surface area contributed by atoms with Crippen LogP contribution in [0.2, 0.25) is 0 Å². The van der Waals surface area contributed by atoms with Crippen LogP contribution in [0.25, 0.3) is 6.08 Å². The fourth-order valence-electron chi connectivity index (χ4n) is 1.41. The Kier molecular flexibility index (Phi) is 5.06. The highest BCUT2D eigenvalue weighted by molar-refractivity contribution is 9.10. The quantitative estimate of drug-likeness (QED) is 0.876. The van der Waals surface area contributed by atoms with Crippen LogP contribution in [-0.2, 0) is 0 Å². The summed E-state index contributed by atoms with van der Waals surface area (Å²) in [4.78, 5) is 0. The molecule has 1 aromatic rings. The molecule has 0 bridgehead atoms. The molecule has 0 amide bonds. The van der Waals surface area contributed by atoms with E-state index in [9.17, 15) is 0 Å². The molecule has 0 aromatic heterocycles. The van der Waals surface area contributed by atoms with Gasteiger partial charge in [0, 0.05) is 10.5 Å². The molecule has 0 spiro atoms. The number of halogens is 1. The van der Waals surface area contributed by atoms with Gasteiger partial charge < -0.3 is 5.32 Å². The van der Waals surface area contributed by atoms with Crippen LogP contribution in [0.4, 0.5) is 0 Å². The molecule has 15 heavy (non-hydrogen) atoms. The predicted octanol–water partition coefficient (Wildman–Crippen LogP) is 3.77. The van der Waals surface area contributed by atoms with Crippen molar-refractivity contribution in [2.45, 2.75) is 26.8 Å². The number of aryl methyl sites for hydroxylation is 1. The van der Waals surface area contributed by atoms with E-state index in [1.807, 2.05) is 0 Å². The molecule has 82 valence electrons. The Morgan fingerprint density at radius 3 is 2.80 bits per heavy atom. The number of hydrogen-bond acceptors (Lipinski definition) is 1. The van der Waals surface area contributed by atoms with Crippen molar-refractivity contribution in [3.8, 4) is 0 Å². The van der Waals surface area contributed by atoms with Gasteiger partial charge in [0.1, 0.15) is 0 Å². The van der Waals surface area contributed by atoms with E-state index in [-0.39, 0.29) is 0 Å². The molecule has 0 saturated carbocycles. The SMILES string of the molecule is CCNC(C)/C=C/c1ccc(C)cc1Br. The minimum Gasteiger partial charge on any atom is -0.311 e. The summed E-state index contributed by atoms with van der Waals surface area (Å²) in [7, 11) is 0. The molecule has 1 unspecified atom stereocenters. The van der Waals surface area contributed by atoms with E-state index >= 15 is 0 Å². The first-order valence-electron chi connectivity index (χ1n) is 5.31. The van der Waals surface area contributed by atoms with Gasteiger partial charge >= 0.3 is 0 Å². The van der Waals surface area contributed by atoms with E-state index in [0.717, 1.165) is 11.0 Å². The zero-order valence-corrected chi connectivity index (χ0v) is 11.1. The summed E-state index contributed by atoms with van der Waals surface area (Å²) in [6, 6.07) is 6.82. The van der Waals surface area contributed by atoms with Crippen molar-refractivity contribution in [1.29, 1.82) is 0 Å². The molecule has 1 rings (SSSR count). The molecule has 0 radical (unpaired) electrons. The third-order valence-corrected chi connectivity index (χ3v) is 2.93. The van der Waals surface area contributed by atoms with Gasteiger partial charge in [-0.2, -0.15) is 0 Å². The monoisotopic (exact) mass is 267 g/mol. The van der Waals surface area contributed by atoms with Gasteiger partial charge in [0.15, 0.2) is 0 Å². The predicted molar refractivity (Wildman–Crippen MR) is 71.1 cm³/mol. The molecular formula is C13H18BrN. The van der Waals surface area contributed by atoms with Crippen molar-refractivity contribution in [1.82, 2.24) is 5.32 Å². The van der Waals surface area contributed by atoms with E-state index in [2.05, 4.69) is 72.4 Å². The Morgan fingerprint density at radius 2 is 2.20 bits per heavy atom. The topological polar surface area (TPSA) is 12.0 Å². The normalized spacial score (nSPS) is 13.3. The first kappa shape index (κ1) is 12.5. The third-order valence-electron chi connectivity index (χ3n) is 2.25. The summed E-state index contributed by atoms with van der Waals surface area (Å²) in [6.45, 7) is 7.37. The lowest BCUT2D eigenvalue weighted by Gasteiger charge is -2.06. The van der Waals surface area contributed by atoms with Crippen LogP contribution in [0.3, 0.4) is 0 Å². The van der Waals surface area contributed by atoms with Gasteiger partial charge in [-0.15, -0.1) is 0 Å². The first-order chi connectivity index (χ1) is 7.13. The van der Waals surface area contributed by atoms with Gasteiger partial charge in [-0.05, 0) is 37.6 Å². The Bertz CT molecular complexity index is 344. The lowest BCUT2D eigenvalue weighted by molar-refractivity contribution is 0.663. The molecule has 1 atom stereocenters. The molecule has 0 aliphatic carbocycles. The van der Waals surface area contributed by atoms with Crippen molar-refractivity contribution in [2.75, 3.05) is 6.54 Å². The Hall–Kier alpha value is -0.600. The van der Waals surface area contributed by atoms with Gasteiger partial charge in [0.2, 0.25) is 0 Å². The van der Waals surface area contributed by atoms with Crippen molar-refractivity contribution in [2.24, 2.45) is 0 Å². The highest BCUT2D eigenvalue weighted by Gasteiger charge is 1.97. The standard InChI is InChI=1S/C13H18BrN/c1-4-15-11(3)6-8-12-7-5-10(2)9-13(12)14/h5-9,11,15H,4H2,1-3H3/b8-6+. The number of rotatable bonds is 4. The molecule has 0 fully saturated rings. The van der Waals surface area contributed by atoms with E-state index in [4.69, 9.17) is 0 Å². The maximum absolute atomic E-state index is 3.56. The van der Waals surface area contributed by atoms with Gasteiger partial charge in [-0.1, -0.05) is 47.1 Å². The van der Waals surface area contributed by atoms with E-state index in [1.54, 1.807) is 0 Å². The second-order valence-corrected chi connectivity index (χ2v) is 4.58. The van der Waals surface area contributed by atoms with Crippen molar-refractivity contribution < 1.29 is 0 Å². The second kappa shape index (κ2) is 6.09. The van der Waals surface area contributed by atoms with E-state index in [0.29, 0.717) is 6.04 Å². The van der Waals surface area contributed by atoms with Gasteiger partial charge in [0.05, 0.1) is 0 Å². The summed E-state index contributed by atoms with van der Waals surface area (Å²) in [5, 5.41) is 3.34. The molecule has 0 heterocycles. The minimum absolute atomic E-state index is 0.420. The number of likely N-dealkylation sites (N-methyl/N-ethyl adjacent to an activating group) is 1. The van der Waals surface area contributed by atoms with Crippen LogP contribution >= 0.6 is 15.9 Å². The minimum atomic E-state index is 0.420. The van der Waals surface area contributed by atoms with Gasteiger partial charge in [0.25, 0.3) is 0 Å². The largest absolute Gasteiger partial charge is 0.311 e. The second-order valence-electron chi connectivity index (χ2n) is 3.73. The maximum atomic E-state index is 3.56. The average Bonchev–Trinajstić information content (AvgIpc) is 2.17. The smallest absolute Gasteiger partial charge is 0.0250 e. The summed E-state index contributed by atoms with van der Waals surface area (Å²) < 4.78 is 1.16. The van der Waals surface area contributed by atoms with Crippen molar-refractivity contribution in [3.05, 3.63) is 39.9 Å². The van der Waals surface area contributed by atoms with Crippen LogP contribution in [0, 0.1) is 6.92 Å². The Labute approximate surface area is 101 Å². The van der Waals surface area contributed by atoms with Crippen LogP contribution < -0.4 is 5.32 Å². The molecule has 0 aliphatic heterocycles. The first-order valence-corrected chi connectivity index (χ1v) is 6.10.